The third-order valence-electron chi connectivity index (χ3n) is 1.93. The lowest BCUT2D eigenvalue weighted by Gasteiger charge is -2.14. The summed E-state index contributed by atoms with van der Waals surface area (Å²) in [6.45, 7) is 5.36. The highest BCUT2D eigenvalue weighted by Crippen LogP contribution is 2.30. The van der Waals surface area contributed by atoms with Crippen LogP contribution in [0.3, 0.4) is 0 Å². The molecule has 1 aromatic rings. The molecule has 1 aromatic carbocycles. The number of hydrogen-bond acceptors (Lipinski definition) is 2. The summed E-state index contributed by atoms with van der Waals surface area (Å²) < 4.78 is 39.9. The molecule has 0 saturated carbocycles. The fourth-order valence-electron chi connectivity index (χ4n) is 1.29. The Kier molecular flexibility index (Phi) is 3.43. The maximum Gasteiger partial charge on any atom is 0.573 e. The third-order valence-corrected chi connectivity index (χ3v) is 1.93. The highest BCUT2D eigenvalue weighted by Gasteiger charge is 2.32. The molecule has 0 fully saturated rings. The fourth-order valence-corrected chi connectivity index (χ4v) is 1.29. The molecule has 0 heterocycles. The molecule has 1 radical (unpaired) electrons. The van der Waals surface area contributed by atoms with Crippen molar-refractivity contribution in [2.75, 3.05) is 0 Å². The number of rotatable bonds is 2. The summed E-state index contributed by atoms with van der Waals surface area (Å²) in [6, 6.07) is 5.77. The Labute approximate surface area is 91.3 Å². The van der Waals surface area contributed by atoms with E-state index in [4.69, 9.17) is 5.26 Å². The minimum atomic E-state index is -4.80. The van der Waals surface area contributed by atoms with Gasteiger partial charge in [0.1, 0.15) is 11.8 Å². The molecule has 1 rings (SSSR count). The molecule has 16 heavy (non-hydrogen) atoms. The van der Waals surface area contributed by atoms with Crippen LogP contribution in [0.25, 0.3) is 0 Å². The smallest absolute Gasteiger partial charge is 0.404 e. The van der Waals surface area contributed by atoms with Gasteiger partial charge in [0, 0.05) is 0 Å². The summed E-state index contributed by atoms with van der Waals surface area (Å²) in [5, 5.41) is 8.82. The number of halogens is 3. The lowest BCUT2D eigenvalue weighted by Crippen LogP contribution is -2.18. The van der Waals surface area contributed by atoms with E-state index in [1.807, 2.05) is 0 Å². The lowest BCUT2D eigenvalue weighted by atomic mass is 9.97. The van der Waals surface area contributed by atoms with E-state index in [-0.39, 0.29) is 11.5 Å². The zero-order chi connectivity index (χ0) is 12.3. The van der Waals surface area contributed by atoms with E-state index in [1.165, 1.54) is 6.07 Å². The number of nitriles is 1. The van der Waals surface area contributed by atoms with Gasteiger partial charge < -0.3 is 4.74 Å². The van der Waals surface area contributed by atoms with Gasteiger partial charge in [0.25, 0.3) is 0 Å². The quantitative estimate of drug-likeness (QED) is 0.777. The van der Waals surface area contributed by atoms with E-state index in [9.17, 15) is 13.2 Å². The summed E-state index contributed by atoms with van der Waals surface area (Å²) in [6.07, 6.45) is -4.80. The molecule has 0 amide bonds. The topological polar surface area (TPSA) is 33.0 Å². The van der Waals surface area contributed by atoms with Gasteiger partial charge in [-0.05, 0) is 24.5 Å². The van der Waals surface area contributed by atoms with Gasteiger partial charge in [0.2, 0.25) is 0 Å². The second-order valence-corrected chi connectivity index (χ2v) is 3.28. The molecule has 1 unspecified atom stereocenters. The van der Waals surface area contributed by atoms with Gasteiger partial charge in [-0.25, -0.2) is 0 Å². The van der Waals surface area contributed by atoms with E-state index in [2.05, 4.69) is 11.7 Å². The Morgan fingerprint density at radius 1 is 1.44 bits per heavy atom. The first-order valence-electron chi connectivity index (χ1n) is 4.47. The van der Waals surface area contributed by atoms with Crippen molar-refractivity contribution >= 4 is 0 Å². The Morgan fingerprint density at radius 2 is 2.06 bits per heavy atom. The fraction of sp³-hybridized carbons (Fsp3) is 0.273. The van der Waals surface area contributed by atoms with Crippen LogP contribution >= 0.6 is 0 Å². The molecular weight excluding hydrogens is 219 g/mol. The monoisotopic (exact) mass is 228 g/mol. The van der Waals surface area contributed by atoms with E-state index in [1.54, 1.807) is 19.1 Å². The Hall–Kier alpha value is -1.70. The molecule has 0 saturated heterocycles. The molecule has 0 N–H and O–H groups in total. The van der Waals surface area contributed by atoms with E-state index in [0.717, 1.165) is 6.07 Å². The minimum absolute atomic E-state index is 0.123. The van der Waals surface area contributed by atoms with Gasteiger partial charge in [-0.2, -0.15) is 5.26 Å². The second-order valence-electron chi connectivity index (χ2n) is 3.28. The van der Waals surface area contributed by atoms with Crippen molar-refractivity contribution in [2.45, 2.75) is 19.2 Å². The van der Waals surface area contributed by atoms with Crippen molar-refractivity contribution in [3.8, 4) is 11.8 Å². The first kappa shape index (κ1) is 12.4. The molecule has 0 aromatic heterocycles. The van der Waals surface area contributed by atoms with Crippen molar-refractivity contribution in [1.82, 2.24) is 0 Å². The van der Waals surface area contributed by atoms with E-state index >= 15 is 0 Å². The average Bonchev–Trinajstić information content (AvgIpc) is 2.14. The summed E-state index contributed by atoms with van der Waals surface area (Å²) in [5.41, 5.74) is 0.312. The predicted molar refractivity (Wildman–Crippen MR) is 51.6 cm³/mol. The van der Waals surface area contributed by atoms with Crippen LogP contribution in [0.1, 0.15) is 24.0 Å². The van der Waals surface area contributed by atoms with Gasteiger partial charge >= 0.3 is 6.36 Å². The predicted octanol–water partition coefficient (Wildman–Crippen LogP) is 3.39. The Bertz CT molecular complexity index is 418. The van der Waals surface area contributed by atoms with Crippen LogP contribution in [-0.4, -0.2) is 6.36 Å². The van der Waals surface area contributed by atoms with Crippen LogP contribution < -0.4 is 4.74 Å². The van der Waals surface area contributed by atoms with Crippen LogP contribution in [0, 0.1) is 18.3 Å². The van der Waals surface area contributed by atoms with Crippen molar-refractivity contribution in [3.05, 3.63) is 36.2 Å². The summed E-state index contributed by atoms with van der Waals surface area (Å²) >= 11 is 0. The summed E-state index contributed by atoms with van der Waals surface area (Å²) in [5.74, 6) is -0.769. The first-order valence-corrected chi connectivity index (χ1v) is 4.47. The number of hydrogen-bond donors (Lipinski definition) is 0. The Morgan fingerprint density at radius 3 is 2.50 bits per heavy atom. The van der Waals surface area contributed by atoms with Crippen LogP contribution in [0.4, 0.5) is 13.2 Å². The van der Waals surface area contributed by atoms with Gasteiger partial charge in [-0.3, -0.25) is 0 Å². The number of ether oxygens (including phenoxy) is 1. The van der Waals surface area contributed by atoms with Crippen LogP contribution in [0.5, 0.6) is 5.75 Å². The zero-order valence-corrected chi connectivity index (χ0v) is 8.51. The number of benzene rings is 1. The van der Waals surface area contributed by atoms with Gasteiger partial charge in [-0.1, -0.05) is 19.1 Å². The largest absolute Gasteiger partial charge is 0.573 e. The number of nitrogens with zero attached hydrogens (tertiary/aromatic N) is 1. The van der Waals surface area contributed by atoms with Gasteiger partial charge in [0.15, 0.2) is 0 Å². The SMILES string of the molecule is [CH2]C(C)c1cccc(OC(F)(F)F)c1C#N. The third kappa shape index (κ3) is 2.89. The minimum Gasteiger partial charge on any atom is -0.404 e. The average molecular weight is 228 g/mol. The molecule has 0 aliphatic heterocycles. The molecule has 0 aliphatic rings. The van der Waals surface area contributed by atoms with Crippen LogP contribution in [0.15, 0.2) is 18.2 Å². The van der Waals surface area contributed by atoms with Gasteiger partial charge in [0.05, 0.1) is 5.56 Å². The highest BCUT2D eigenvalue weighted by atomic mass is 19.4. The van der Waals surface area contributed by atoms with Crippen molar-refractivity contribution in [1.29, 1.82) is 5.26 Å². The molecule has 0 bridgehead atoms. The highest BCUT2D eigenvalue weighted by molar-refractivity contribution is 5.50. The normalized spacial score (nSPS) is 11.3. The first-order chi connectivity index (χ1) is 7.35. The summed E-state index contributed by atoms with van der Waals surface area (Å²) in [4.78, 5) is 0. The summed E-state index contributed by atoms with van der Waals surface area (Å²) in [7, 11) is 0. The van der Waals surface area contributed by atoms with E-state index in [0.29, 0.717) is 5.56 Å². The molecular formula is C11H9F3NO. The molecule has 1 atom stereocenters. The van der Waals surface area contributed by atoms with Crippen LogP contribution in [-0.2, 0) is 0 Å². The molecule has 0 spiro atoms. The van der Waals surface area contributed by atoms with E-state index < -0.39 is 12.1 Å². The standard InChI is InChI=1S/C11H9F3NO/c1-7(2)8-4-3-5-10(9(8)6-15)16-11(12,13)14/h3-5,7H,1H2,2H3. The van der Waals surface area contributed by atoms with Gasteiger partial charge in [-0.15, -0.1) is 13.2 Å². The van der Waals surface area contributed by atoms with Crippen molar-refractivity contribution in [3.63, 3.8) is 0 Å². The lowest BCUT2D eigenvalue weighted by molar-refractivity contribution is -0.274. The zero-order valence-electron chi connectivity index (χ0n) is 8.51. The molecule has 85 valence electrons. The van der Waals surface area contributed by atoms with Crippen molar-refractivity contribution in [2.24, 2.45) is 0 Å². The molecule has 0 aliphatic carbocycles. The molecule has 5 heteroatoms. The molecule has 2 nitrogen and oxygen atoms in total. The maximum absolute atomic E-state index is 12.0. The van der Waals surface area contributed by atoms with Crippen molar-refractivity contribution < 1.29 is 17.9 Å². The Balaban J connectivity index is 3.21. The maximum atomic E-state index is 12.0. The van der Waals surface area contributed by atoms with Crippen LogP contribution in [0.2, 0.25) is 0 Å². The number of alkyl halides is 3. The second kappa shape index (κ2) is 4.44.